The Morgan fingerprint density at radius 1 is 0.396 bits per heavy atom. The Bertz CT molecular complexity index is 3110. The van der Waals surface area contributed by atoms with Gasteiger partial charge in [-0.15, -0.1) is 0 Å². The monoisotopic (exact) mass is 674 g/mol. The van der Waals surface area contributed by atoms with Gasteiger partial charge in [0.1, 0.15) is 17.1 Å². The molecule has 1 aliphatic carbocycles. The van der Waals surface area contributed by atoms with Crippen molar-refractivity contribution in [2.45, 2.75) is 5.41 Å². The van der Waals surface area contributed by atoms with Gasteiger partial charge in [0.05, 0.1) is 22.0 Å². The molecule has 0 saturated heterocycles. The Morgan fingerprint density at radius 2 is 0.962 bits per heavy atom. The molecule has 0 bridgehead atoms. The zero-order chi connectivity index (χ0) is 34.7. The highest BCUT2D eigenvalue weighted by molar-refractivity contribution is 6.14. The molecule has 246 valence electrons. The van der Waals surface area contributed by atoms with Crippen molar-refractivity contribution in [1.29, 1.82) is 0 Å². The summed E-state index contributed by atoms with van der Waals surface area (Å²) < 4.78 is 9.10. The number of fused-ring (bicyclic) bond motifs is 17. The van der Waals surface area contributed by atoms with Crippen molar-refractivity contribution in [1.82, 2.24) is 9.38 Å². The van der Waals surface area contributed by atoms with Crippen molar-refractivity contribution in [3.63, 3.8) is 0 Å². The van der Waals surface area contributed by atoms with Crippen LogP contribution in [0.2, 0.25) is 0 Å². The van der Waals surface area contributed by atoms with Crippen molar-refractivity contribution in [2.24, 2.45) is 0 Å². The molecule has 12 rings (SSSR count). The summed E-state index contributed by atoms with van der Waals surface area (Å²) in [6.07, 6.45) is 0. The minimum Gasteiger partial charge on any atom is -0.457 e. The number of hydrogen-bond donors (Lipinski definition) is 0. The van der Waals surface area contributed by atoms with Gasteiger partial charge < -0.3 is 4.74 Å². The van der Waals surface area contributed by atoms with E-state index in [9.17, 15) is 0 Å². The Kier molecular flexibility index (Phi) is 5.70. The van der Waals surface area contributed by atoms with Crippen LogP contribution >= 0.6 is 0 Å². The fourth-order valence-electron chi connectivity index (χ4n) is 9.38. The largest absolute Gasteiger partial charge is 0.457 e. The molecule has 8 aromatic carbocycles. The van der Waals surface area contributed by atoms with Crippen molar-refractivity contribution < 1.29 is 4.74 Å². The fourth-order valence-corrected chi connectivity index (χ4v) is 9.38. The SMILES string of the molecule is c1ccc2c(c1)Oc1cc(-c3ccc(-c4ccc5c6ccccc6c6nc7ccccc7n6c5c4)cc3)ccc1C21c2ccccc2-c2ccccc21. The first kappa shape index (κ1) is 28.7. The van der Waals surface area contributed by atoms with Crippen LogP contribution in [0.4, 0.5) is 0 Å². The number of ether oxygens (including phenoxy) is 1. The molecule has 2 aliphatic rings. The maximum absolute atomic E-state index is 6.77. The van der Waals surface area contributed by atoms with Crippen molar-refractivity contribution in [2.75, 3.05) is 0 Å². The summed E-state index contributed by atoms with van der Waals surface area (Å²) >= 11 is 0. The molecule has 3 nitrogen and oxygen atoms in total. The topological polar surface area (TPSA) is 26.5 Å². The molecule has 10 aromatic rings. The van der Waals surface area contributed by atoms with E-state index in [-0.39, 0.29) is 0 Å². The van der Waals surface area contributed by atoms with Gasteiger partial charge >= 0.3 is 0 Å². The Morgan fingerprint density at radius 3 is 1.74 bits per heavy atom. The van der Waals surface area contributed by atoms with Gasteiger partial charge in [0.15, 0.2) is 0 Å². The Labute approximate surface area is 306 Å². The number of imidazole rings is 1. The normalized spacial score (nSPS) is 13.6. The Balaban J connectivity index is 0.986. The molecular weight excluding hydrogens is 645 g/mol. The standard InChI is InChI=1S/C50H30N2O/c1-2-14-39-35(11-1)38-27-25-33(29-46(38)52-45-19-9-8-18-44(45)51-49(39)52)31-21-23-32(24-22-31)34-26-28-43-48(30-34)53-47-20-10-7-17-42(47)50(43)40-15-5-3-12-36(40)37-13-4-6-16-41(37)50/h1-30H. The van der Waals surface area contributed by atoms with E-state index in [2.05, 4.69) is 186 Å². The van der Waals surface area contributed by atoms with Crippen LogP contribution in [0.5, 0.6) is 11.5 Å². The van der Waals surface area contributed by atoms with E-state index in [4.69, 9.17) is 9.72 Å². The lowest BCUT2D eigenvalue weighted by Crippen LogP contribution is -2.32. The summed E-state index contributed by atoms with van der Waals surface area (Å²) in [5.41, 5.74) is 16.0. The molecule has 0 saturated carbocycles. The lowest BCUT2D eigenvalue weighted by molar-refractivity contribution is 0.436. The average molecular weight is 675 g/mol. The summed E-state index contributed by atoms with van der Waals surface area (Å²) in [4.78, 5) is 5.08. The van der Waals surface area contributed by atoms with E-state index in [1.165, 1.54) is 55.3 Å². The van der Waals surface area contributed by atoms with Gasteiger partial charge in [-0.3, -0.25) is 4.40 Å². The molecular formula is C50H30N2O. The molecule has 0 N–H and O–H groups in total. The number of rotatable bonds is 2. The van der Waals surface area contributed by atoms with Gasteiger partial charge in [-0.05, 0) is 80.2 Å². The van der Waals surface area contributed by atoms with Crippen LogP contribution in [0.25, 0.3) is 71.7 Å². The van der Waals surface area contributed by atoms with E-state index in [1.54, 1.807) is 0 Å². The van der Waals surface area contributed by atoms with Crippen molar-refractivity contribution in [3.8, 4) is 44.9 Å². The van der Waals surface area contributed by atoms with E-state index in [0.29, 0.717) is 0 Å². The average Bonchev–Trinajstić information content (AvgIpc) is 3.76. The van der Waals surface area contributed by atoms with Crippen LogP contribution in [0.15, 0.2) is 182 Å². The number of hydrogen-bond acceptors (Lipinski definition) is 2. The highest BCUT2D eigenvalue weighted by Gasteiger charge is 2.50. The minimum atomic E-state index is -0.451. The molecule has 0 radical (unpaired) electrons. The summed E-state index contributed by atoms with van der Waals surface area (Å²) in [5.74, 6) is 1.80. The summed E-state index contributed by atoms with van der Waals surface area (Å²) in [6.45, 7) is 0. The third-order valence-corrected chi connectivity index (χ3v) is 11.7. The first-order chi connectivity index (χ1) is 26.3. The molecule has 3 heterocycles. The lowest BCUT2D eigenvalue weighted by atomic mass is 9.66. The number of para-hydroxylation sites is 3. The van der Waals surface area contributed by atoms with Crippen molar-refractivity contribution in [3.05, 3.63) is 204 Å². The van der Waals surface area contributed by atoms with E-state index < -0.39 is 5.41 Å². The van der Waals surface area contributed by atoms with Crippen LogP contribution in [0.3, 0.4) is 0 Å². The number of pyridine rings is 1. The van der Waals surface area contributed by atoms with E-state index in [0.717, 1.165) is 50.2 Å². The molecule has 0 atom stereocenters. The maximum atomic E-state index is 6.77. The van der Waals surface area contributed by atoms with Gasteiger partial charge in [0.2, 0.25) is 0 Å². The third-order valence-electron chi connectivity index (χ3n) is 11.7. The van der Waals surface area contributed by atoms with Crippen molar-refractivity contribution >= 4 is 38.4 Å². The highest BCUT2D eigenvalue weighted by atomic mass is 16.5. The number of nitrogens with zero attached hydrogens (tertiary/aromatic N) is 2. The number of aromatic nitrogens is 2. The second-order valence-corrected chi connectivity index (χ2v) is 14.3. The minimum absolute atomic E-state index is 0.451. The van der Waals surface area contributed by atoms with Gasteiger partial charge in [-0.1, -0.05) is 152 Å². The second kappa shape index (κ2) is 10.5. The smallest absolute Gasteiger partial charge is 0.146 e. The van der Waals surface area contributed by atoms with Crippen LogP contribution < -0.4 is 4.74 Å². The summed E-state index contributed by atoms with van der Waals surface area (Å²) in [5, 5.41) is 3.60. The van der Waals surface area contributed by atoms with Crippen LogP contribution in [-0.4, -0.2) is 9.38 Å². The Hall–Kier alpha value is -6.97. The summed E-state index contributed by atoms with van der Waals surface area (Å²) in [7, 11) is 0. The molecule has 0 fully saturated rings. The predicted molar refractivity (Wildman–Crippen MR) is 216 cm³/mol. The molecule has 2 aromatic heterocycles. The zero-order valence-electron chi connectivity index (χ0n) is 28.6. The molecule has 3 heteroatoms. The van der Waals surface area contributed by atoms with E-state index in [1.807, 2.05) is 0 Å². The molecule has 0 unspecified atom stereocenters. The van der Waals surface area contributed by atoms with Crippen LogP contribution in [0.1, 0.15) is 22.3 Å². The van der Waals surface area contributed by atoms with Crippen LogP contribution in [-0.2, 0) is 5.41 Å². The molecule has 1 aliphatic heterocycles. The van der Waals surface area contributed by atoms with Gasteiger partial charge in [0, 0.05) is 21.9 Å². The lowest BCUT2D eigenvalue weighted by Gasteiger charge is -2.39. The molecule has 53 heavy (non-hydrogen) atoms. The van der Waals surface area contributed by atoms with Gasteiger partial charge in [-0.2, -0.15) is 0 Å². The first-order valence-electron chi connectivity index (χ1n) is 18.2. The first-order valence-corrected chi connectivity index (χ1v) is 18.2. The predicted octanol–water partition coefficient (Wildman–Crippen LogP) is 12.6. The summed E-state index contributed by atoms with van der Waals surface area (Å²) in [6, 6.07) is 65.8. The maximum Gasteiger partial charge on any atom is 0.146 e. The molecule has 0 amide bonds. The molecule has 1 spiro atoms. The fraction of sp³-hybridized carbons (Fsp3) is 0.0200. The third kappa shape index (κ3) is 3.80. The zero-order valence-corrected chi connectivity index (χ0v) is 28.6. The van der Waals surface area contributed by atoms with Gasteiger partial charge in [-0.25, -0.2) is 4.98 Å². The second-order valence-electron chi connectivity index (χ2n) is 14.3. The number of benzene rings is 8. The van der Waals surface area contributed by atoms with E-state index >= 15 is 0 Å². The van der Waals surface area contributed by atoms with Crippen LogP contribution in [0, 0.1) is 0 Å². The highest BCUT2D eigenvalue weighted by Crippen LogP contribution is 2.62. The van der Waals surface area contributed by atoms with Gasteiger partial charge in [0.25, 0.3) is 0 Å². The quantitative estimate of drug-likeness (QED) is 0.171.